The highest BCUT2D eigenvalue weighted by Crippen LogP contribution is 2.43. The number of carbonyl (C=O) groups is 1. The number of anilines is 1. The lowest BCUT2D eigenvalue weighted by Gasteiger charge is -2.20. The number of amides is 1. The molecule has 1 N–H and O–H groups in total. The number of benzene rings is 2. The number of carbonyl (C=O) groups excluding carboxylic acids is 1. The topological polar surface area (TPSA) is 58.2 Å². The van der Waals surface area contributed by atoms with Crippen LogP contribution in [-0.2, 0) is 10.2 Å². The second-order valence-electron chi connectivity index (χ2n) is 7.71. The number of hydrogen-bond acceptors (Lipinski definition) is 3. The van der Waals surface area contributed by atoms with Crippen LogP contribution < -0.4 is 9.64 Å². The van der Waals surface area contributed by atoms with Gasteiger partial charge in [-0.05, 0) is 68.7 Å². The van der Waals surface area contributed by atoms with Crippen LogP contribution in [0.5, 0.6) is 5.75 Å². The van der Waals surface area contributed by atoms with E-state index in [0.717, 1.165) is 52.3 Å². The molecule has 0 radical (unpaired) electrons. The number of unbranched alkanes of at least 4 members (excludes halogenated alkanes) is 1. The number of aromatic amines is 1. The number of nitrogens with one attached hydrogen (secondary N) is 1. The Hall–Kier alpha value is -3.08. The van der Waals surface area contributed by atoms with Gasteiger partial charge in [0, 0.05) is 12.1 Å². The molecule has 28 heavy (non-hydrogen) atoms. The summed E-state index contributed by atoms with van der Waals surface area (Å²) in [5.41, 5.74) is 4.28. The molecule has 0 saturated carbocycles. The van der Waals surface area contributed by atoms with E-state index < -0.39 is 5.41 Å². The second kappa shape index (κ2) is 6.82. The number of allylic oxidation sites excluding steroid dienone is 1. The highest BCUT2D eigenvalue weighted by atomic mass is 16.5. The van der Waals surface area contributed by atoms with Crippen molar-refractivity contribution in [3.63, 3.8) is 0 Å². The van der Waals surface area contributed by atoms with Gasteiger partial charge in [-0.15, -0.1) is 6.58 Å². The molecule has 0 spiro atoms. The van der Waals surface area contributed by atoms with E-state index in [0.29, 0.717) is 6.54 Å². The molecule has 0 unspecified atom stereocenters. The summed E-state index contributed by atoms with van der Waals surface area (Å²) in [5.74, 6) is 1.77. The molecule has 5 heteroatoms. The molecule has 0 aliphatic carbocycles. The first-order chi connectivity index (χ1) is 13.5. The molecule has 0 bridgehead atoms. The Morgan fingerprint density at radius 1 is 1.25 bits per heavy atom. The summed E-state index contributed by atoms with van der Waals surface area (Å²) in [6.07, 6.45) is 3.70. The van der Waals surface area contributed by atoms with Gasteiger partial charge in [0.25, 0.3) is 0 Å². The van der Waals surface area contributed by atoms with Crippen molar-refractivity contribution in [1.29, 1.82) is 0 Å². The fourth-order valence-corrected chi connectivity index (χ4v) is 3.83. The maximum absolute atomic E-state index is 13.0. The Balaban J connectivity index is 1.76. The van der Waals surface area contributed by atoms with Crippen LogP contribution in [0.2, 0.25) is 0 Å². The van der Waals surface area contributed by atoms with Gasteiger partial charge in [-0.1, -0.05) is 6.08 Å². The van der Waals surface area contributed by atoms with Crippen LogP contribution in [0.25, 0.3) is 22.4 Å². The lowest BCUT2D eigenvalue weighted by atomic mass is 9.86. The minimum absolute atomic E-state index is 0.148. The zero-order valence-corrected chi connectivity index (χ0v) is 16.6. The summed E-state index contributed by atoms with van der Waals surface area (Å²) in [7, 11) is 1.65. The van der Waals surface area contributed by atoms with E-state index >= 15 is 0 Å². The summed E-state index contributed by atoms with van der Waals surface area (Å²) in [5, 5.41) is 0. The van der Waals surface area contributed by atoms with E-state index in [1.54, 1.807) is 7.11 Å². The molecule has 1 aliphatic rings. The van der Waals surface area contributed by atoms with Gasteiger partial charge in [-0.25, -0.2) is 4.98 Å². The zero-order chi connectivity index (χ0) is 19.9. The Kier molecular flexibility index (Phi) is 4.46. The van der Waals surface area contributed by atoms with Crippen LogP contribution in [-0.4, -0.2) is 29.5 Å². The molecule has 2 aromatic carbocycles. The Morgan fingerprint density at radius 3 is 2.68 bits per heavy atom. The van der Waals surface area contributed by atoms with Gasteiger partial charge < -0.3 is 14.6 Å². The van der Waals surface area contributed by atoms with Crippen molar-refractivity contribution < 1.29 is 9.53 Å². The Morgan fingerprint density at radius 2 is 2.00 bits per heavy atom. The van der Waals surface area contributed by atoms with Crippen LogP contribution >= 0.6 is 0 Å². The van der Waals surface area contributed by atoms with Gasteiger partial charge >= 0.3 is 0 Å². The van der Waals surface area contributed by atoms with Crippen molar-refractivity contribution >= 4 is 22.6 Å². The van der Waals surface area contributed by atoms with Crippen molar-refractivity contribution in [3.05, 3.63) is 54.6 Å². The summed E-state index contributed by atoms with van der Waals surface area (Å²) < 4.78 is 5.23. The molecule has 5 nitrogen and oxygen atoms in total. The second-order valence-corrected chi connectivity index (χ2v) is 7.71. The van der Waals surface area contributed by atoms with E-state index in [-0.39, 0.29) is 5.91 Å². The van der Waals surface area contributed by atoms with Crippen LogP contribution in [0.4, 0.5) is 5.69 Å². The minimum Gasteiger partial charge on any atom is -0.497 e. The van der Waals surface area contributed by atoms with Crippen LogP contribution in [0.15, 0.2) is 49.1 Å². The number of nitrogens with zero attached hydrogens (tertiary/aromatic N) is 2. The number of ether oxygens (including phenoxy) is 1. The predicted molar refractivity (Wildman–Crippen MR) is 113 cm³/mol. The van der Waals surface area contributed by atoms with E-state index in [9.17, 15) is 4.79 Å². The summed E-state index contributed by atoms with van der Waals surface area (Å²) >= 11 is 0. The highest BCUT2D eigenvalue weighted by Gasteiger charge is 2.43. The average molecular weight is 375 g/mol. The number of aromatic nitrogens is 2. The molecular weight excluding hydrogens is 350 g/mol. The normalized spacial score (nSPS) is 15.1. The van der Waals surface area contributed by atoms with E-state index in [1.807, 2.05) is 49.1 Å². The number of methoxy groups -OCH3 is 1. The molecule has 0 saturated heterocycles. The molecular formula is C23H25N3O2. The third kappa shape index (κ3) is 2.87. The van der Waals surface area contributed by atoms with Gasteiger partial charge in [0.1, 0.15) is 11.6 Å². The quantitative estimate of drug-likeness (QED) is 0.496. The van der Waals surface area contributed by atoms with Gasteiger partial charge in [-0.2, -0.15) is 0 Å². The third-order valence-corrected chi connectivity index (χ3v) is 5.50. The summed E-state index contributed by atoms with van der Waals surface area (Å²) in [4.78, 5) is 23.1. The lowest BCUT2D eigenvalue weighted by molar-refractivity contribution is -0.122. The average Bonchev–Trinajstić information content (AvgIpc) is 3.19. The number of rotatable bonds is 6. The third-order valence-electron chi connectivity index (χ3n) is 5.50. The predicted octanol–water partition coefficient (Wildman–Crippen LogP) is 4.83. The van der Waals surface area contributed by atoms with E-state index in [2.05, 4.69) is 23.7 Å². The molecule has 4 rings (SSSR count). The SMILES string of the molecule is C=CCCCN1C(=O)C(C)(C)c2cc3nc(-c4ccc(OC)cc4)[nH]c3cc21. The Labute approximate surface area is 165 Å². The molecule has 1 aliphatic heterocycles. The first-order valence-corrected chi connectivity index (χ1v) is 9.57. The molecule has 1 amide bonds. The molecule has 144 valence electrons. The largest absolute Gasteiger partial charge is 0.497 e. The number of hydrogen-bond donors (Lipinski definition) is 1. The van der Waals surface area contributed by atoms with Crippen LogP contribution in [0.3, 0.4) is 0 Å². The van der Waals surface area contributed by atoms with Crippen molar-refractivity contribution in [1.82, 2.24) is 9.97 Å². The standard InChI is InChI=1S/C23H25N3O2/c1-5-6-7-12-26-20-14-19-18(13-17(20)23(2,3)22(26)27)24-21(25-19)15-8-10-16(28-4)11-9-15/h5,8-11,13-14H,1,6-7,12H2,2-4H3,(H,24,25). The monoisotopic (exact) mass is 375 g/mol. The van der Waals surface area contributed by atoms with Gasteiger partial charge in [0.15, 0.2) is 0 Å². The van der Waals surface area contributed by atoms with Crippen LogP contribution in [0, 0.1) is 0 Å². The van der Waals surface area contributed by atoms with Crippen molar-refractivity contribution in [2.75, 3.05) is 18.6 Å². The molecule has 3 aromatic rings. The van der Waals surface area contributed by atoms with Gasteiger partial charge in [0.05, 0.1) is 29.2 Å². The Bertz CT molecular complexity index is 1050. The molecule has 2 heterocycles. The fourth-order valence-electron chi connectivity index (χ4n) is 3.83. The number of fused-ring (bicyclic) bond motifs is 2. The molecule has 1 aromatic heterocycles. The maximum atomic E-state index is 13.0. The van der Waals surface area contributed by atoms with Crippen molar-refractivity contribution in [3.8, 4) is 17.1 Å². The lowest BCUT2D eigenvalue weighted by Crippen LogP contribution is -2.36. The number of imidazole rings is 1. The molecule has 0 fully saturated rings. The molecule has 0 atom stereocenters. The first kappa shape index (κ1) is 18.3. The van der Waals surface area contributed by atoms with Crippen LogP contribution in [0.1, 0.15) is 32.3 Å². The maximum Gasteiger partial charge on any atom is 0.237 e. The fraction of sp³-hybridized carbons (Fsp3) is 0.304. The minimum atomic E-state index is -0.545. The zero-order valence-electron chi connectivity index (χ0n) is 16.6. The highest BCUT2D eigenvalue weighted by molar-refractivity contribution is 6.09. The van der Waals surface area contributed by atoms with Gasteiger partial charge in [-0.3, -0.25) is 4.79 Å². The number of H-pyrrole nitrogens is 1. The summed E-state index contributed by atoms with van der Waals surface area (Å²) in [6, 6.07) is 11.9. The van der Waals surface area contributed by atoms with Gasteiger partial charge in [0.2, 0.25) is 5.91 Å². The first-order valence-electron chi connectivity index (χ1n) is 9.57. The van der Waals surface area contributed by atoms with Crippen molar-refractivity contribution in [2.24, 2.45) is 0 Å². The smallest absolute Gasteiger partial charge is 0.237 e. The van der Waals surface area contributed by atoms with E-state index in [4.69, 9.17) is 9.72 Å². The van der Waals surface area contributed by atoms with E-state index in [1.165, 1.54) is 0 Å². The summed E-state index contributed by atoms with van der Waals surface area (Å²) in [6.45, 7) is 8.46. The van der Waals surface area contributed by atoms with Crippen molar-refractivity contribution in [2.45, 2.75) is 32.1 Å².